The Morgan fingerprint density at radius 1 is 1.07 bits per heavy atom. The van der Waals surface area contributed by atoms with Gasteiger partial charge < -0.3 is 14.4 Å². The van der Waals surface area contributed by atoms with Crippen LogP contribution in [0.4, 0.5) is 0 Å². The van der Waals surface area contributed by atoms with Gasteiger partial charge in [-0.25, -0.2) is 0 Å². The van der Waals surface area contributed by atoms with Crippen molar-refractivity contribution < 1.29 is 14.3 Å². The van der Waals surface area contributed by atoms with E-state index < -0.39 is 0 Å². The summed E-state index contributed by atoms with van der Waals surface area (Å²) >= 11 is 0. The number of rotatable bonds is 9. The van der Waals surface area contributed by atoms with Crippen molar-refractivity contribution in [1.82, 2.24) is 4.90 Å². The van der Waals surface area contributed by atoms with Crippen LogP contribution in [0.25, 0.3) is 6.08 Å². The number of allylic oxidation sites excluding steroid dienone is 1. The summed E-state index contributed by atoms with van der Waals surface area (Å²) in [6, 6.07) is 15.0. The Kier molecular flexibility index (Phi) is 7.05. The Hall–Kier alpha value is -2.59. The van der Waals surface area contributed by atoms with Gasteiger partial charge in [-0.2, -0.15) is 0 Å². The van der Waals surface area contributed by atoms with E-state index >= 15 is 0 Å². The van der Waals surface area contributed by atoms with Gasteiger partial charge in [0.2, 0.25) is 0 Å². The highest BCUT2D eigenvalue weighted by Gasteiger charge is 2.10. The molecule has 27 heavy (non-hydrogen) atoms. The van der Waals surface area contributed by atoms with Gasteiger partial charge in [0.05, 0.1) is 13.7 Å². The molecule has 0 atom stereocenters. The molecule has 4 nitrogen and oxygen atoms in total. The minimum absolute atomic E-state index is 0.0403. The number of hydrogen-bond acceptors (Lipinski definition) is 4. The molecule has 0 aromatic heterocycles. The van der Waals surface area contributed by atoms with Gasteiger partial charge in [-0.1, -0.05) is 18.2 Å². The van der Waals surface area contributed by atoms with E-state index in [4.69, 9.17) is 9.47 Å². The molecular weight excluding hydrogens is 338 g/mol. The number of methoxy groups -OCH3 is 1. The van der Waals surface area contributed by atoms with E-state index in [0.717, 1.165) is 30.0 Å². The van der Waals surface area contributed by atoms with Crippen LogP contribution < -0.4 is 9.47 Å². The average molecular weight is 365 g/mol. The Morgan fingerprint density at radius 2 is 1.81 bits per heavy atom. The van der Waals surface area contributed by atoms with E-state index in [9.17, 15) is 4.79 Å². The summed E-state index contributed by atoms with van der Waals surface area (Å²) in [6.07, 6.45) is 7.03. The zero-order valence-electron chi connectivity index (χ0n) is 15.9. The minimum atomic E-state index is -0.0403. The van der Waals surface area contributed by atoms with Crippen molar-refractivity contribution in [3.05, 3.63) is 65.7 Å². The normalized spacial score (nSPS) is 14.6. The maximum Gasteiger partial charge on any atom is 0.185 e. The van der Waals surface area contributed by atoms with Crippen LogP contribution in [0.15, 0.2) is 54.6 Å². The molecule has 2 aromatic carbocycles. The van der Waals surface area contributed by atoms with Crippen LogP contribution in [0.3, 0.4) is 0 Å². The summed E-state index contributed by atoms with van der Waals surface area (Å²) < 4.78 is 11.1. The number of ketones is 1. The van der Waals surface area contributed by atoms with E-state index in [0.29, 0.717) is 12.2 Å². The first-order chi connectivity index (χ1) is 13.3. The number of carbonyl (C=O) groups excluding carboxylic acids is 1. The third kappa shape index (κ3) is 5.69. The SMILES string of the molecule is COc1ccccc1/C=C/C(=O)c1ccc(OCCCN2CCCC2)cc1. The fraction of sp³-hybridized carbons (Fsp3) is 0.348. The molecule has 1 aliphatic heterocycles. The highest BCUT2D eigenvalue weighted by Crippen LogP contribution is 2.19. The van der Waals surface area contributed by atoms with Gasteiger partial charge in [0.25, 0.3) is 0 Å². The molecule has 1 aliphatic rings. The molecule has 0 unspecified atom stereocenters. The predicted molar refractivity (Wildman–Crippen MR) is 109 cm³/mol. The number of nitrogens with zero attached hydrogens (tertiary/aromatic N) is 1. The van der Waals surface area contributed by atoms with Gasteiger partial charge in [0, 0.05) is 17.7 Å². The number of ether oxygens (including phenoxy) is 2. The third-order valence-corrected chi connectivity index (χ3v) is 4.78. The van der Waals surface area contributed by atoms with Gasteiger partial charge in [0.1, 0.15) is 11.5 Å². The first-order valence-corrected chi connectivity index (χ1v) is 9.57. The predicted octanol–water partition coefficient (Wildman–Crippen LogP) is 4.46. The molecule has 0 saturated carbocycles. The molecule has 2 aromatic rings. The van der Waals surface area contributed by atoms with Crippen LogP contribution in [0, 0.1) is 0 Å². The second-order valence-corrected chi connectivity index (χ2v) is 6.71. The van der Waals surface area contributed by atoms with E-state index in [1.165, 1.54) is 25.9 Å². The number of hydrogen-bond donors (Lipinski definition) is 0. The Morgan fingerprint density at radius 3 is 2.56 bits per heavy atom. The lowest BCUT2D eigenvalue weighted by molar-refractivity contribution is 0.104. The van der Waals surface area contributed by atoms with Crippen LogP contribution in [0.5, 0.6) is 11.5 Å². The highest BCUT2D eigenvalue weighted by atomic mass is 16.5. The van der Waals surface area contributed by atoms with Gasteiger partial charge in [0.15, 0.2) is 5.78 Å². The third-order valence-electron chi connectivity index (χ3n) is 4.78. The van der Waals surface area contributed by atoms with Crippen LogP contribution in [-0.4, -0.2) is 44.0 Å². The number of benzene rings is 2. The Bertz CT molecular complexity index is 761. The van der Waals surface area contributed by atoms with Gasteiger partial charge >= 0.3 is 0 Å². The van der Waals surface area contributed by atoms with Crippen LogP contribution in [0.2, 0.25) is 0 Å². The lowest BCUT2D eigenvalue weighted by atomic mass is 10.1. The Balaban J connectivity index is 1.48. The maximum absolute atomic E-state index is 12.4. The zero-order chi connectivity index (χ0) is 18.9. The molecule has 0 bridgehead atoms. The largest absolute Gasteiger partial charge is 0.496 e. The fourth-order valence-electron chi connectivity index (χ4n) is 3.27. The molecular formula is C23H27NO3. The van der Waals surface area contributed by atoms with Crippen molar-refractivity contribution in [1.29, 1.82) is 0 Å². The topological polar surface area (TPSA) is 38.8 Å². The molecule has 0 N–H and O–H groups in total. The second-order valence-electron chi connectivity index (χ2n) is 6.71. The number of likely N-dealkylation sites (tertiary alicyclic amines) is 1. The quantitative estimate of drug-likeness (QED) is 0.374. The highest BCUT2D eigenvalue weighted by molar-refractivity contribution is 6.07. The van der Waals surface area contributed by atoms with Gasteiger partial charge in [-0.05, 0) is 74.8 Å². The summed E-state index contributed by atoms with van der Waals surface area (Å²) in [5.74, 6) is 1.52. The van der Waals surface area contributed by atoms with Crippen molar-refractivity contribution in [2.24, 2.45) is 0 Å². The zero-order valence-corrected chi connectivity index (χ0v) is 15.9. The van der Waals surface area contributed by atoms with E-state index in [-0.39, 0.29) is 5.78 Å². The summed E-state index contributed by atoms with van der Waals surface area (Å²) in [5, 5.41) is 0. The van der Waals surface area contributed by atoms with Gasteiger partial charge in [-0.3, -0.25) is 4.79 Å². The molecule has 142 valence electrons. The number of carbonyl (C=O) groups is 1. The first kappa shape index (κ1) is 19.2. The summed E-state index contributed by atoms with van der Waals surface area (Å²) in [4.78, 5) is 14.8. The maximum atomic E-state index is 12.4. The minimum Gasteiger partial charge on any atom is -0.496 e. The van der Waals surface area contributed by atoms with Crippen molar-refractivity contribution in [3.8, 4) is 11.5 Å². The fourth-order valence-corrected chi connectivity index (χ4v) is 3.27. The van der Waals surface area contributed by atoms with E-state index in [1.54, 1.807) is 19.3 Å². The van der Waals surface area contributed by atoms with Crippen molar-refractivity contribution in [2.45, 2.75) is 19.3 Å². The molecule has 0 radical (unpaired) electrons. The number of para-hydroxylation sites is 1. The molecule has 0 amide bonds. The van der Waals surface area contributed by atoms with Crippen molar-refractivity contribution >= 4 is 11.9 Å². The van der Waals surface area contributed by atoms with Crippen molar-refractivity contribution in [2.75, 3.05) is 33.4 Å². The van der Waals surface area contributed by atoms with Gasteiger partial charge in [-0.15, -0.1) is 0 Å². The van der Waals surface area contributed by atoms with Crippen molar-refractivity contribution in [3.63, 3.8) is 0 Å². The molecule has 3 rings (SSSR count). The first-order valence-electron chi connectivity index (χ1n) is 9.57. The summed E-state index contributed by atoms with van der Waals surface area (Å²) in [6.45, 7) is 4.25. The summed E-state index contributed by atoms with van der Waals surface area (Å²) in [7, 11) is 1.62. The lowest BCUT2D eigenvalue weighted by Gasteiger charge is -2.14. The molecule has 4 heteroatoms. The molecule has 0 spiro atoms. The lowest BCUT2D eigenvalue weighted by Crippen LogP contribution is -2.21. The summed E-state index contributed by atoms with van der Waals surface area (Å²) in [5.41, 5.74) is 1.52. The average Bonchev–Trinajstić information content (AvgIpc) is 3.23. The monoisotopic (exact) mass is 365 g/mol. The molecule has 0 aliphatic carbocycles. The van der Waals surface area contributed by atoms with E-state index in [1.807, 2.05) is 48.5 Å². The van der Waals surface area contributed by atoms with Crippen LogP contribution in [-0.2, 0) is 0 Å². The van der Waals surface area contributed by atoms with Crippen LogP contribution >= 0.6 is 0 Å². The molecule has 1 saturated heterocycles. The smallest absolute Gasteiger partial charge is 0.185 e. The molecule has 1 heterocycles. The molecule has 1 fully saturated rings. The second kappa shape index (κ2) is 9.93. The Labute approximate surface area is 161 Å². The standard InChI is InChI=1S/C23H27NO3/c1-26-23-8-3-2-7-20(23)11-14-22(25)19-9-12-21(13-10-19)27-18-6-17-24-15-4-5-16-24/h2-3,7-14H,4-6,15-18H2,1H3/b14-11+. The van der Waals surface area contributed by atoms with Crippen LogP contribution in [0.1, 0.15) is 35.2 Å². The van der Waals surface area contributed by atoms with E-state index in [2.05, 4.69) is 4.90 Å².